The quantitative estimate of drug-likeness (QED) is 0.502. The van der Waals surface area contributed by atoms with Crippen LogP contribution in [0.2, 0.25) is 0 Å². The molecule has 0 aliphatic rings. The highest BCUT2D eigenvalue weighted by Crippen LogP contribution is 2.30. The van der Waals surface area contributed by atoms with Crippen LogP contribution in [0.3, 0.4) is 0 Å². The van der Waals surface area contributed by atoms with Crippen molar-refractivity contribution >= 4 is 15.9 Å². The van der Waals surface area contributed by atoms with E-state index in [1.807, 2.05) is 0 Å². The maximum absolute atomic E-state index is 5.73. The van der Waals surface area contributed by atoms with Crippen molar-refractivity contribution in [3.63, 3.8) is 0 Å². The van der Waals surface area contributed by atoms with Gasteiger partial charge < -0.3 is 10.1 Å². The first kappa shape index (κ1) is 18.5. The molecule has 2 nitrogen and oxygen atoms in total. The van der Waals surface area contributed by atoms with Crippen LogP contribution in [0.4, 0.5) is 0 Å². The Kier molecular flexibility index (Phi) is 9.77. The second-order valence-corrected chi connectivity index (χ2v) is 6.35. The first-order valence-corrected chi connectivity index (χ1v) is 9.17. The molecule has 0 aromatic heterocycles. The van der Waals surface area contributed by atoms with E-state index in [9.17, 15) is 0 Å². The fraction of sp³-hybridized carbons (Fsp3) is 0.667. The minimum Gasteiger partial charge on any atom is -0.492 e. The summed E-state index contributed by atoms with van der Waals surface area (Å²) in [6.07, 6.45) is 7.49. The third kappa shape index (κ3) is 6.84. The average molecular weight is 356 g/mol. The lowest BCUT2D eigenvalue weighted by atomic mass is 10.00. The van der Waals surface area contributed by atoms with Crippen molar-refractivity contribution in [2.24, 2.45) is 0 Å². The molecule has 0 saturated heterocycles. The number of nitrogens with one attached hydrogen (secondary N) is 1. The van der Waals surface area contributed by atoms with Crippen molar-refractivity contribution in [2.75, 3.05) is 13.2 Å². The number of halogens is 1. The van der Waals surface area contributed by atoms with Gasteiger partial charge >= 0.3 is 0 Å². The standard InChI is InChI=1S/C18H30BrNO/c1-4-7-8-9-10-17(20-6-3)15-11-12-18(16(19)14-15)21-13-5-2/h11-12,14,17,20H,4-10,13H2,1-3H3. The summed E-state index contributed by atoms with van der Waals surface area (Å²) in [5.41, 5.74) is 1.35. The van der Waals surface area contributed by atoms with Gasteiger partial charge in [0.25, 0.3) is 0 Å². The van der Waals surface area contributed by atoms with Crippen LogP contribution in [0.25, 0.3) is 0 Å². The second kappa shape index (κ2) is 11.1. The Morgan fingerprint density at radius 1 is 1.10 bits per heavy atom. The van der Waals surface area contributed by atoms with Gasteiger partial charge in [-0.05, 0) is 53.0 Å². The van der Waals surface area contributed by atoms with Crippen LogP contribution in [-0.4, -0.2) is 13.2 Å². The summed E-state index contributed by atoms with van der Waals surface area (Å²) in [5, 5.41) is 3.60. The second-order valence-electron chi connectivity index (χ2n) is 5.50. The Hall–Kier alpha value is -0.540. The molecule has 0 fully saturated rings. The average Bonchev–Trinajstić information content (AvgIpc) is 2.49. The maximum Gasteiger partial charge on any atom is 0.133 e. The Labute approximate surface area is 138 Å². The van der Waals surface area contributed by atoms with Crippen LogP contribution < -0.4 is 10.1 Å². The van der Waals surface area contributed by atoms with Crippen LogP contribution >= 0.6 is 15.9 Å². The Morgan fingerprint density at radius 2 is 1.90 bits per heavy atom. The summed E-state index contributed by atoms with van der Waals surface area (Å²) >= 11 is 3.64. The summed E-state index contributed by atoms with van der Waals surface area (Å²) in [6.45, 7) is 8.33. The van der Waals surface area contributed by atoms with E-state index in [0.717, 1.165) is 29.8 Å². The summed E-state index contributed by atoms with van der Waals surface area (Å²) in [6, 6.07) is 6.94. The monoisotopic (exact) mass is 355 g/mol. The highest BCUT2D eigenvalue weighted by atomic mass is 79.9. The summed E-state index contributed by atoms with van der Waals surface area (Å²) < 4.78 is 6.79. The predicted molar refractivity (Wildman–Crippen MR) is 95.1 cm³/mol. The topological polar surface area (TPSA) is 21.3 Å². The van der Waals surface area contributed by atoms with Gasteiger partial charge in [-0.25, -0.2) is 0 Å². The largest absolute Gasteiger partial charge is 0.492 e. The van der Waals surface area contributed by atoms with Gasteiger partial charge in [0, 0.05) is 6.04 Å². The van der Waals surface area contributed by atoms with E-state index >= 15 is 0 Å². The fourth-order valence-electron chi connectivity index (χ4n) is 2.47. The molecule has 21 heavy (non-hydrogen) atoms. The molecule has 1 unspecified atom stereocenters. The molecule has 0 bridgehead atoms. The van der Waals surface area contributed by atoms with Crippen LogP contribution in [0, 0.1) is 0 Å². The molecule has 0 saturated carbocycles. The molecule has 0 aliphatic carbocycles. The Balaban J connectivity index is 2.66. The zero-order chi connectivity index (χ0) is 15.5. The Morgan fingerprint density at radius 3 is 2.52 bits per heavy atom. The molecular weight excluding hydrogens is 326 g/mol. The van der Waals surface area contributed by atoms with Crippen molar-refractivity contribution < 1.29 is 4.74 Å². The SMILES string of the molecule is CCCCCCC(NCC)c1ccc(OCCC)c(Br)c1. The van der Waals surface area contributed by atoms with E-state index in [2.05, 4.69) is 60.2 Å². The molecule has 0 radical (unpaired) electrons. The van der Waals surface area contributed by atoms with Gasteiger partial charge in [-0.15, -0.1) is 0 Å². The van der Waals surface area contributed by atoms with Crippen molar-refractivity contribution in [3.05, 3.63) is 28.2 Å². The molecule has 1 rings (SSSR count). The molecule has 0 spiro atoms. The zero-order valence-electron chi connectivity index (χ0n) is 13.8. The van der Waals surface area contributed by atoms with E-state index in [4.69, 9.17) is 4.74 Å². The summed E-state index contributed by atoms with van der Waals surface area (Å²) in [4.78, 5) is 0. The van der Waals surface area contributed by atoms with E-state index in [1.54, 1.807) is 0 Å². The first-order valence-electron chi connectivity index (χ1n) is 8.38. The molecule has 0 amide bonds. The van der Waals surface area contributed by atoms with Gasteiger partial charge in [-0.2, -0.15) is 0 Å². The first-order chi connectivity index (χ1) is 10.2. The van der Waals surface area contributed by atoms with Gasteiger partial charge in [0.1, 0.15) is 5.75 Å². The van der Waals surface area contributed by atoms with Crippen molar-refractivity contribution in [1.82, 2.24) is 5.32 Å². The van der Waals surface area contributed by atoms with Crippen molar-refractivity contribution in [1.29, 1.82) is 0 Å². The third-order valence-electron chi connectivity index (χ3n) is 3.62. The molecule has 0 heterocycles. The Bertz CT molecular complexity index is 395. The van der Waals surface area contributed by atoms with E-state index in [0.29, 0.717) is 6.04 Å². The molecule has 1 atom stereocenters. The maximum atomic E-state index is 5.73. The molecule has 1 aromatic carbocycles. The van der Waals surface area contributed by atoms with Crippen LogP contribution in [0.15, 0.2) is 22.7 Å². The number of hydrogen-bond acceptors (Lipinski definition) is 2. The van der Waals surface area contributed by atoms with Gasteiger partial charge in [0.05, 0.1) is 11.1 Å². The summed E-state index contributed by atoms with van der Waals surface area (Å²) in [7, 11) is 0. The van der Waals surface area contributed by atoms with Crippen LogP contribution in [0.1, 0.15) is 70.9 Å². The molecule has 3 heteroatoms. The van der Waals surface area contributed by atoms with E-state index < -0.39 is 0 Å². The number of unbranched alkanes of at least 4 members (excludes halogenated alkanes) is 3. The molecule has 1 N–H and O–H groups in total. The number of ether oxygens (including phenoxy) is 1. The van der Waals surface area contributed by atoms with Crippen LogP contribution in [-0.2, 0) is 0 Å². The fourth-order valence-corrected chi connectivity index (χ4v) is 2.98. The smallest absolute Gasteiger partial charge is 0.133 e. The van der Waals surface area contributed by atoms with Crippen LogP contribution in [0.5, 0.6) is 5.75 Å². The third-order valence-corrected chi connectivity index (χ3v) is 4.24. The predicted octanol–water partition coefficient (Wildman–Crippen LogP) is 5.86. The number of hydrogen-bond donors (Lipinski definition) is 1. The summed E-state index contributed by atoms with van der Waals surface area (Å²) in [5.74, 6) is 0.946. The molecule has 0 aliphatic heterocycles. The highest BCUT2D eigenvalue weighted by Gasteiger charge is 2.12. The van der Waals surface area contributed by atoms with E-state index in [1.165, 1.54) is 37.7 Å². The lowest BCUT2D eigenvalue weighted by Gasteiger charge is -2.19. The lowest BCUT2D eigenvalue weighted by molar-refractivity contribution is 0.315. The van der Waals surface area contributed by atoms with E-state index in [-0.39, 0.29) is 0 Å². The van der Waals surface area contributed by atoms with Gasteiger partial charge in [0.15, 0.2) is 0 Å². The molecule has 120 valence electrons. The number of rotatable bonds is 11. The lowest BCUT2D eigenvalue weighted by Crippen LogP contribution is -2.20. The zero-order valence-corrected chi connectivity index (χ0v) is 15.3. The van der Waals surface area contributed by atoms with Gasteiger partial charge in [-0.3, -0.25) is 0 Å². The minimum absolute atomic E-state index is 0.448. The van der Waals surface area contributed by atoms with Gasteiger partial charge in [-0.1, -0.05) is 52.5 Å². The van der Waals surface area contributed by atoms with Crippen molar-refractivity contribution in [2.45, 2.75) is 65.3 Å². The van der Waals surface area contributed by atoms with Gasteiger partial charge in [0.2, 0.25) is 0 Å². The highest BCUT2D eigenvalue weighted by molar-refractivity contribution is 9.10. The molecular formula is C18H30BrNO. The normalized spacial score (nSPS) is 12.4. The van der Waals surface area contributed by atoms with Crippen molar-refractivity contribution in [3.8, 4) is 5.75 Å². The minimum atomic E-state index is 0.448. The molecule has 1 aromatic rings. The number of benzene rings is 1.